The van der Waals surface area contributed by atoms with Crippen molar-refractivity contribution in [2.75, 3.05) is 13.7 Å². The van der Waals surface area contributed by atoms with E-state index in [1.807, 2.05) is 42.5 Å². The van der Waals surface area contributed by atoms with Gasteiger partial charge in [-0.15, -0.1) is 0 Å². The highest BCUT2D eigenvalue weighted by Gasteiger charge is 2.56. The third-order valence-corrected chi connectivity index (χ3v) is 7.50. The van der Waals surface area contributed by atoms with Crippen LogP contribution in [0.5, 0.6) is 5.75 Å². The van der Waals surface area contributed by atoms with E-state index in [1.165, 1.54) is 5.56 Å². The summed E-state index contributed by atoms with van der Waals surface area (Å²) in [6.07, 6.45) is 4.96. The number of urea groups is 1. The maximum Gasteiger partial charge on any atom is 0.315 e. The van der Waals surface area contributed by atoms with Crippen LogP contribution in [0, 0.1) is 11.3 Å². The van der Waals surface area contributed by atoms with Crippen LogP contribution >= 0.6 is 0 Å². The quantitative estimate of drug-likeness (QED) is 0.723. The van der Waals surface area contributed by atoms with E-state index in [9.17, 15) is 9.59 Å². The van der Waals surface area contributed by atoms with Crippen LogP contribution < -0.4 is 15.4 Å². The SMILES string of the molecule is COc1ccc(CNC(=O)NC2CC3(C2)CC(C(=O)N2CCC2c2ccccc2)C3)cc1. The van der Waals surface area contributed by atoms with Crippen molar-refractivity contribution in [3.8, 4) is 5.75 Å². The van der Waals surface area contributed by atoms with Gasteiger partial charge in [0.1, 0.15) is 5.75 Å². The van der Waals surface area contributed by atoms with Crippen LogP contribution in [0.25, 0.3) is 0 Å². The topological polar surface area (TPSA) is 70.7 Å². The fourth-order valence-corrected chi connectivity index (χ4v) is 5.65. The summed E-state index contributed by atoms with van der Waals surface area (Å²) in [4.78, 5) is 27.3. The first-order valence-electron chi connectivity index (χ1n) is 11.6. The Hall–Kier alpha value is -3.02. The highest BCUT2D eigenvalue weighted by Crippen LogP contribution is 2.59. The highest BCUT2D eigenvalue weighted by atomic mass is 16.5. The van der Waals surface area contributed by atoms with Crippen LogP contribution in [0.15, 0.2) is 54.6 Å². The van der Waals surface area contributed by atoms with Gasteiger partial charge >= 0.3 is 6.03 Å². The molecule has 6 heteroatoms. The Morgan fingerprint density at radius 3 is 2.38 bits per heavy atom. The first-order chi connectivity index (χ1) is 15.5. The number of nitrogens with zero attached hydrogens (tertiary/aromatic N) is 1. The first-order valence-corrected chi connectivity index (χ1v) is 11.6. The summed E-state index contributed by atoms with van der Waals surface area (Å²) in [5.41, 5.74) is 2.54. The molecule has 2 aromatic rings. The number of carbonyl (C=O) groups is 2. The predicted octanol–water partition coefficient (Wildman–Crippen LogP) is 4.03. The van der Waals surface area contributed by atoms with E-state index in [0.717, 1.165) is 50.0 Å². The Morgan fingerprint density at radius 2 is 1.75 bits per heavy atom. The van der Waals surface area contributed by atoms with Crippen molar-refractivity contribution in [1.29, 1.82) is 0 Å². The number of hydrogen-bond acceptors (Lipinski definition) is 3. The second-order valence-corrected chi connectivity index (χ2v) is 9.63. The van der Waals surface area contributed by atoms with Gasteiger partial charge in [0.2, 0.25) is 5.91 Å². The molecule has 1 unspecified atom stereocenters. The van der Waals surface area contributed by atoms with E-state index in [-0.39, 0.29) is 29.4 Å². The molecule has 168 valence electrons. The Kier molecular flexibility index (Phi) is 5.53. The summed E-state index contributed by atoms with van der Waals surface area (Å²) in [7, 11) is 1.64. The van der Waals surface area contributed by atoms with Gasteiger partial charge in [-0.1, -0.05) is 42.5 Å². The third-order valence-electron chi connectivity index (χ3n) is 7.50. The minimum Gasteiger partial charge on any atom is -0.497 e. The molecule has 6 nitrogen and oxygen atoms in total. The summed E-state index contributed by atoms with van der Waals surface area (Å²) in [6.45, 7) is 1.36. The van der Waals surface area contributed by atoms with Crippen LogP contribution in [0.1, 0.15) is 49.3 Å². The van der Waals surface area contributed by atoms with Gasteiger partial charge in [0.05, 0.1) is 13.2 Å². The molecule has 2 saturated carbocycles. The van der Waals surface area contributed by atoms with Crippen LogP contribution in [-0.4, -0.2) is 36.5 Å². The molecule has 0 aromatic heterocycles. The summed E-state index contributed by atoms with van der Waals surface area (Å²) in [5.74, 6) is 1.29. The Balaban J connectivity index is 1.03. The largest absolute Gasteiger partial charge is 0.497 e. The molecular weight excluding hydrogens is 402 g/mol. The van der Waals surface area contributed by atoms with Gasteiger partial charge < -0.3 is 20.3 Å². The van der Waals surface area contributed by atoms with E-state index in [4.69, 9.17) is 4.74 Å². The van der Waals surface area contributed by atoms with Crippen LogP contribution in [0.3, 0.4) is 0 Å². The van der Waals surface area contributed by atoms with Crippen molar-refractivity contribution in [2.24, 2.45) is 11.3 Å². The molecule has 3 fully saturated rings. The molecule has 0 bridgehead atoms. The van der Waals surface area contributed by atoms with Gasteiger partial charge in [-0.25, -0.2) is 4.79 Å². The average molecular weight is 434 g/mol. The molecule has 32 heavy (non-hydrogen) atoms. The Morgan fingerprint density at radius 1 is 1.03 bits per heavy atom. The zero-order valence-electron chi connectivity index (χ0n) is 18.5. The lowest BCUT2D eigenvalue weighted by Crippen LogP contribution is -2.60. The number of methoxy groups -OCH3 is 1. The van der Waals surface area contributed by atoms with Gasteiger partial charge in [0.15, 0.2) is 0 Å². The zero-order chi connectivity index (χ0) is 22.1. The first kappa shape index (κ1) is 20.9. The number of benzene rings is 2. The van der Waals surface area contributed by atoms with E-state index in [2.05, 4.69) is 27.7 Å². The van der Waals surface area contributed by atoms with E-state index in [1.54, 1.807) is 7.11 Å². The highest BCUT2D eigenvalue weighted by molar-refractivity contribution is 5.81. The number of carbonyl (C=O) groups excluding carboxylic acids is 2. The summed E-state index contributed by atoms with van der Waals surface area (Å²) < 4.78 is 5.15. The predicted molar refractivity (Wildman–Crippen MR) is 122 cm³/mol. The third kappa shape index (κ3) is 4.06. The molecule has 0 radical (unpaired) electrons. The van der Waals surface area contributed by atoms with Crippen molar-refractivity contribution >= 4 is 11.9 Å². The van der Waals surface area contributed by atoms with Crippen LogP contribution in [0.4, 0.5) is 4.79 Å². The second kappa shape index (κ2) is 8.49. The molecular formula is C26H31N3O3. The molecule has 3 aliphatic rings. The van der Waals surface area contributed by atoms with E-state index < -0.39 is 0 Å². The lowest BCUT2D eigenvalue weighted by Gasteiger charge is -2.58. The van der Waals surface area contributed by atoms with Gasteiger partial charge in [-0.2, -0.15) is 0 Å². The molecule has 3 amide bonds. The maximum atomic E-state index is 13.0. The molecule has 2 N–H and O–H groups in total. The molecule has 2 aliphatic carbocycles. The van der Waals surface area contributed by atoms with Gasteiger partial charge in [0.25, 0.3) is 0 Å². The number of nitrogens with one attached hydrogen (secondary N) is 2. The zero-order valence-corrected chi connectivity index (χ0v) is 18.5. The molecule has 1 atom stereocenters. The van der Waals surface area contributed by atoms with Crippen LogP contribution in [-0.2, 0) is 11.3 Å². The molecule has 2 aromatic carbocycles. The normalized spacial score (nSPS) is 28.2. The number of likely N-dealkylation sites (tertiary alicyclic amines) is 1. The summed E-state index contributed by atoms with van der Waals surface area (Å²) >= 11 is 0. The Labute approximate surface area is 189 Å². The smallest absolute Gasteiger partial charge is 0.315 e. The summed E-state index contributed by atoms with van der Waals surface area (Å²) in [6, 6.07) is 18.4. The van der Waals surface area contributed by atoms with Crippen molar-refractivity contribution in [1.82, 2.24) is 15.5 Å². The lowest BCUT2D eigenvalue weighted by atomic mass is 9.49. The lowest BCUT2D eigenvalue weighted by molar-refractivity contribution is -0.157. The maximum absolute atomic E-state index is 13.0. The second-order valence-electron chi connectivity index (χ2n) is 9.63. The van der Waals surface area contributed by atoms with Crippen molar-refractivity contribution < 1.29 is 14.3 Å². The molecule has 1 spiro atoms. The standard InChI is InChI=1S/C26H31N3O3/c1-32-22-9-7-18(8-10-22)17-27-25(31)28-21-15-26(16-21)13-20(14-26)24(30)29-12-11-23(29)19-5-3-2-4-6-19/h2-10,20-21,23H,11-17H2,1H3,(H2,27,28,31). The number of amides is 3. The van der Waals surface area contributed by atoms with E-state index >= 15 is 0 Å². The summed E-state index contributed by atoms with van der Waals surface area (Å²) in [5, 5.41) is 6.01. The van der Waals surface area contributed by atoms with Crippen molar-refractivity contribution in [3.05, 3.63) is 65.7 Å². The molecule has 5 rings (SSSR count). The van der Waals surface area contributed by atoms with Crippen LogP contribution in [0.2, 0.25) is 0 Å². The van der Waals surface area contributed by atoms with E-state index in [0.29, 0.717) is 12.5 Å². The number of hydrogen-bond donors (Lipinski definition) is 2. The molecule has 1 aliphatic heterocycles. The van der Waals surface area contributed by atoms with Crippen molar-refractivity contribution in [2.45, 2.75) is 50.7 Å². The van der Waals surface area contributed by atoms with Gasteiger partial charge in [-0.05, 0) is 60.8 Å². The van der Waals surface area contributed by atoms with Gasteiger partial charge in [-0.3, -0.25) is 4.79 Å². The number of rotatable bonds is 6. The van der Waals surface area contributed by atoms with Gasteiger partial charge in [0, 0.05) is 25.0 Å². The minimum atomic E-state index is -0.126. The fourth-order valence-electron chi connectivity index (χ4n) is 5.65. The minimum absolute atomic E-state index is 0.126. The average Bonchev–Trinajstić information content (AvgIpc) is 2.73. The molecule has 1 saturated heterocycles. The fraction of sp³-hybridized carbons (Fsp3) is 0.462. The monoisotopic (exact) mass is 433 g/mol. The number of ether oxygens (including phenoxy) is 1. The van der Waals surface area contributed by atoms with Crippen molar-refractivity contribution in [3.63, 3.8) is 0 Å². The molecule has 1 heterocycles. The Bertz CT molecular complexity index is 962.